The highest BCUT2D eigenvalue weighted by Crippen LogP contribution is 2.24. The summed E-state index contributed by atoms with van der Waals surface area (Å²) < 4.78 is 0. The molecule has 0 aliphatic heterocycles. The number of hydrogen-bond acceptors (Lipinski definition) is 1. The fourth-order valence-electron chi connectivity index (χ4n) is 1.77. The van der Waals surface area contributed by atoms with Crippen LogP contribution in [-0.2, 0) is 0 Å². The highest BCUT2D eigenvalue weighted by atomic mass is 14.7. The van der Waals surface area contributed by atoms with Gasteiger partial charge in [-0.1, -0.05) is 42.5 Å². The number of hydrogen-bond donors (Lipinski definition) is 0. The first kappa shape index (κ1) is 10.6. The Hall–Kier alpha value is -1.89. The zero-order chi connectivity index (χ0) is 11.5. The average molecular weight is 209 g/mol. The molecule has 0 amide bonds. The van der Waals surface area contributed by atoms with E-state index in [4.69, 9.17) is 0 Å². The van der Waals surface area contributed by atoms with Crippen LogP contribution in [0.25, 0.3) is 17.3 Å². The van der Waals surface area contributed by atoms with E-state index in [-0.39, 0.29) is 0 Å². The largest absolute Gasteiger partial charge is 0.256 e. The van der Waals surface area contributed by atoms with E-state index in [0.717, 1.165) is 16.8 Å². The van der Waals surface area contributed by atoms with Crippen molar-refractivity contribution >= 4 is 6.08 Å². The smallest absolute Gasteiger partial charge is 0.0776 e. The van der Waals surface area contributed by atoms with E-state index in [2.05, 4.69) is 49.7 Å². The normalized spacial score (nSPS) is 10.1. The van der Waals surface area contributed by atoms with Gasteiger partial charge in [-0.2, -0.15) is 0 Å². The fourth-order valence-corrected chi connectivity index (χ4v) is 1.77. The lowest BCUT2D eigenvalue weighted by Crippen LogP contribution is -1.91. The Balaban J connectivity index is 2.59. The van der Waals surface area contributed by atoms with Crippen molar-refractivity contribution in [1.29, 1.82) is 0 Å². The number of benzene rings is 1. The molecule has 1 heteroatoms. The van der Waals surface area contributed by atoms with Gasteiger partial charge in [-0.25, -0.2) is 0 Å². The summed E-state index contributed by atoms with van der Waals surface area (Å²) in [6, 6.07) is 10.4. The molecule has 2 aromatic rings. The minimum absolute atomic E-state index is 1.01. The molecule has 1 aromatic heterocycles. The van der Waals surface area contributed by atoms with Crippen LogP contribution in [0.3, 0.4) is 0 Å². The maximum Gasteiger partial charge on any atom is 0.0776 e. The molecule has 2 rings (SSSR count). The molecule has 0 aliphatic rings. The molecule has 1 heterocycles. The summed E-state index contributed by atoms with van der Waals surface area (Å²) >= 11 is 0. The van der Waals surface area contributed by atoms with Crippen molar-refractivity contribution in [1.82, 2.24) is 4.98 Å². The molecule has 1 nitrogen and oxygen atoms in total. The first-order valence-corrected chi connectivity index (χ1v) is 5.37. The third-order valence-corrected chi connectivity index (χ3v) is 2.74. The van der Waals surface area contributed by atoms with Gasteiger partial charge in [-0.15, -0.1) is 0 Å². The van der Waals surface area contributed by atoms with Crippen LogP contribution >= 0.6 is 0 Å². The van der Waals surface area contributed by atoms with Crippen molar-refractivity contribution in [2.24, 2.45) is 0 Å². The zero-order valence-electron chi connectivity index (χ0n) is 9.70. The number of rotatable bonds is 2. The van der Waals surface area contributed by atoms with Gasteiger partial charge >= 0.3 is 0 Å². The minimum atomic E-state index is 1.01. The Morgan fingerprint density at radius 3 is 2.38 bits per heavy atom. The van der Waals surface area contributed by atoms with Gasteiger partial charge in [0.05, 0.1) is 5.69 Å². The van der Waals surface area contributed by atoms with Crippen LogP contribution < -0.4 is 0 Å². The van der Waals surface area contributed by atoms with E-state index in [1.54, 1.807) is 0 Å². The summed E-state index contributed by atoms with van der Waals surface area (Å²) in [7, 11) is 0. The molecule has 0 unspecified atom stereocenters. The Labute approximate surface area is 96.5 Å². The van der Waals surface area contributed by atoms with Crippen LogP contribution in [-0.4, -0.2) is 4.98 Å². The SMILES string of the molecule is C=Cc1c(C)ccnc1-c1ccc(C)cc1. The molecule has 0 fully saturated rings. The van der Waals surface area contributed by atoms with Gasteiger partial charge in [0.2, 0.25) is 0 Å². The van der Waals surface area contributed by atoms with Crippen LogP contribution in [0.15, 0.2) is 43.1 Å². The summed E-state index contributed by atoms with van der Waals surface area (Å²) in [5.74, 6) is 0. The van der Waals surface area contributed by atoms with Crippen molar-refractivity contribution in [3.63, 3.8) is 0 Å². The first-order chi connectivity index (χ1) is 7.72. The van der Waals surface area contributed by atoms with E-state index in [1.165, 1.54) is 11.1 Å². The van der Waals surface area contributed by atoms with Crippen molar-refractivity contribution in [2.45, 2.75) is 13.8 Å². The summed E-state index contributed by atoms with van der Waals surface area (Å²) in [5.41, 5.74) is 5.74. The number of pyridine rings is 1. The van der Waals surface area contributed by atoms with Crippen molar-refractivity contribution < 1.29 is 0 Å². The molecule has 16 heavy (non-hydrogen) atoms. The second-order valence-electron chi connectivity index (χ2n) is 3.96. The van der Waals surface area contributed by atoms with E-state index in [0.29, 0.717) is 0 Å². The highest BCUT2D eigenvalue weighted by Gasteiger charge is 2.05. The van der Waals surface area contributed by atoms with E-state index >= 15 is 0 Å². The maximum absolute atomic E-state index is 4.44. The second-order valence-corrected chi connectivity index (χ2v) is 3.96. The quantitative estimate of drug-likeness (QED) is 0.728. The van der Waals surface area contributed by atoms with Crippen LogP contribution in [0.4, 0.5) is 0 Å². The van der Waals surface area contributed by atoms with Crippen LogP contribution in [0.5, 0.6) is 0 Å². The third-order valence-electron chi connectivity index (χ3n) is 2.74. The molecule has 0 saturated carbocycles. The predicted molar refractivity (Wildman–Crippen MR) is 69.2 cm³/mol. The van der Waals surface area contributed by atoms with Gasteiger partial charge in [0.1, 0.15) is 0 Å². The van der Waals surface area contributed by atoms with Crippen molar-refractivity contribution in [3.8, 4) is 11.3 Å². The summed E-state index contributed by atoms with van der Waals surface area (Å²) in [4.78, 5) is 4.44. The lowest BCUT2D eigenvalue weighted by molar-refractivity contribution is 1.27. The Morgan fingerprint density at radius 2 is 1.75 bits per heavy atom. The molecule has 0 radical (unpaired) electrons. The monoisotopic (exact) mass is 209 g/mol. The molecule has 0 atom stereocenters. The minimum Gasteiger partial charge on any atom is -0.256 e. The molecule has 0 N–H and O–H groups in total. The van der Waals surface area contributed by atoms with Gasteiger partial charge in [-0.05, 0) is 25.5 Å². The highest BCUT2D eigenvalue weighted by molar-refractivity contribution is 5.73. The maximum atomic E-state index is 4.44. The van der Waals surface area contributed by atoms with Crippen LogP contribution in [0.2, 0.25) is 0 Å². The number of nitrogens with zero attached hydrogens (tertiary/aromatic N) is 1. The second kappa shape index (κ2) is 4.31. The molecule has 1 aromatic carbocycles. The standard InChI is InChI=1S/C15H15N/c1-4-14-12(3)9-10-16-15(14)13-7-5-11(2)6-8-13/h4-10H,1H2,2-3H3. The lowest BCUT2D eigenvalue weighted by atomic mass is 10.0. The molecule has 0 spiro atoms. The summed E-state index contributed by atoms with van der Waals surface area (Å²) in [6.45, 7) is 8.02. The molecule has 0 bridgehead atoms. The van der Waals surface area contributed by atoms with Gasteiger partial charge in [0.15, 0.2) is 0 Å². The molecular formula is C15H15N. The Kier molecular flexibility index (Phi) is 2.86. The van der Waals surface area contributed by atoms with Crippen molar-refractivity contribution in [2.75, 3.05) is 0 Å². The topological polar surface area (TPSA) is 12.9 Å². The fraction of sp³-hybridized carbons (Fsp3) is 0.133. The summed E-state index contributed by atoms with van der Waals surface area (Å²) in [6.07, 6.45) is 3.72. The van der Waals surface area contributed by atoms with Gasteiger partial charge in [0.25, 0.3) is 0 Å². The van der Waals surface area contributed by atoms with Gasteiger partial charge < -0.3 is 0 Å². The predicted octanol–water partition coefficient (Wildman–Crippen LogP) is 4.01. The number of aryl methyl sites for hydroxylation is 2. The average Bonchev–Trinajstić information content (AvgIpc) is 2.30. The zero-order valence-corrected chi connectivity index (χ0v) is 9.70. The molecule has 0 saturated heterocycles. The first-order valence-electron chi connectivity index (χ1n) is 5.37. The van der Waals surface area contributed by atoms with Crippen LogP contribution in [0, 0.1) is 13.8 Å². The van der Waals surface area contributed by atoms with Gasteiger partial charge in [0, 0.05) is 17.3 Å². The molecule has 0 aliphatic carbocycles. The van der Waals surface area contributed by atoms with Crippen molar-refractivity contribution in [3.05, 3.63) is 59.8 Å². The Bertz CT molecular complexity index is 509. The number of aromatic nitrogens is 1. The lowest BCUT2D eigenvalue weighted by Gasteiger charge is -2.08. The molecule has 80 valence electrons. The Morgan fingerprint density at radius 1 is 1.06 bits per heavy atom. The van der Waals surface area contributed by atoms with E-state index in [9.17, 15) is 0 Å². The van der Waals surface area contributed by atoms with E-state index in [1.807, 2.05) is 18.3 Å². The van der Waals surface area contributed by atoms with E-state index < -0.39 is 0 Å². The van der Waals surface area contributed by atoms with Gasteiger partial charge in [-0.3, -0.25) is 4.98 Å². The van der Waals surface area contributed by atoms with Crippen LogP contribution in [0.1, 0.15) is 16.7 Å². The molecular weight excluding hydrogens is 194 g/mol. The third kappa shape index (κ3) is 1.89. The summed E-state index contributed by atoms with van der Waals surface area (Å²) in [5, 5.41) is 0.